The van der Waals surface area contributed by atoms with E-state index in [2.05, 4.69) is 4.98 Å². The number of nitrogens with zero attached hydrogens (tertiary/aromatic N) is 1. The lowest BCUT2D eigenvalue weighted by atomic mass is 10.1. The quantitative estimate of drug-likeness (QED) is 0.755. The first kappa shape index (κ1) is 15.2. The number of aryl methyl sites for hydroxylation is 1. The van der Waals surface area contributed by atoms with Crippen molar-refractivity contribution in [1.82, 2.24) is 4.98 Å². The van der Waals surface area contributed by atoms with E-state index in [1.54, 1.807) is 29.5 Å². The molecule has 5 heteroatoms. The van der Waals surface area contributed by atoms with Crippen LogP contribution in [0.15, 0.2) is 53.9 Å². The molecule has 0 aliphatic carbocycles. The molecule has 0 amide bonds. The molecule has 1 N–H and O–H groups in total. The maximum absolute atomic E-state index is 11.0. The minimum Gasteiger partial charge on any atom is -0.488 e. The van der Waals surface area contributed by atoms with Gasteiger partial charge in [-0.3, -0.25) is 0 Å². The fourth-order valence-corrected chi connectivity index (χ4v) is 2.86. The van der Waals surface area contributed by atoms with Crippen LogP contribution < -0.4 is 4.74 Å². The second-order valence-electron chi connectivity index (χ2n) is 5.04. The normalized spacial score (nSPS) is 10.5. The average Bonchev–Trinajstić information content (AvgIpc) is 3.00. The Balaban J connectivity index is 1.81. The Kier molecular flexibility index (Phi) is 4.39. The molecule has 2 aromatic carbocycles. The maximum atomic E-state index is 11.0. The minimum atomic E-state index is -0.940. The van der Waals surface area contributed by atoms with Gasteiger partial charge >= 0.3 is 5.97 Å². The topological polar surface area (TPSA) is 59.4 Å². The van der Waals surface area contributed by atoms with Crippen molar-refractivity contribution in [3.05, 3.63) is 70.0 Å². The smallest absolute Gasteiger partial charge is 0.335 e. The Morgan fingerprint density at radius 3 is 2.78 bits per heavy atom. The van der Waals surface area contributed by atoms with E-state index in [-0.39, 0.29) is 5.56 Å². The molecule has 0 bridgehead atoms. The van der Waals surface area contributed by atoms with Crippen LogP contribution in [0.2, 0.25) is 0 Å². The van der Waals surface area contributed by atoms with E-state index in [0.29, 0.717) is 6.61 Å². The summed E-state index contributed by atoms with van der Waals surface area (Å²) < 4.78 is 5.89. The summed E-state index contributed by atoms with van der Waals surface area (Å²) in [4.78, 5) is 15.5. The number of ether oxygens (including phenoxy) is 1. The van der Waals surface area contributed by atoms with E-state index in [1.165, 1.54) is 0 Å². The van der Waals surface area contributed by atoms with Gasteiger partial charge in [-0.25, -0.2) is 9.78 Å². The standard InChI is InChI=1S/C18H15NO3S/c1-12-19-16(11-23-12)15-7-2-3-8-17(15)22-10-13-5-4-6-14(9-13)18(20)21/h2-9,11H,10H2,1H3,(H,20,21). The van der Waals surface area contributed by atoms with Crippen molar-refractivity contribution in [2.45, 2.75) is 13.5 Å². The van der Waals surface area contributed by atoms with Gasteiger partial charge in [-0.05, 0) is 36.8 Å². The van der Waals surface area contributed by atoms with Crippen LogP contribution in [0, 0.1) is 6.92 Å². The van der Waals surface area contributed by atoms with E-state index in [4.69, 9.17) is 9.84 Å². The van der Waals surface area contributed by atoms with Crippen LogP contribution in [0.1, 0.15) is 20.9 Å². The molecule has 0 spiro atoms. The van der Waals surface area contributed by atoms with Gasteiger partial charge in [0.05, 0.1) is 16.3 Å². The average molecular weight is 325 g/mol. The van der Waals surface area contributed by atoms with Crippen LogP contribution in [0.3, 0.4) is 0 Å². The van der Waals surface area contributed by atoms with Gasteiger partial charge in [-0.1, -0.05) is 24.3 Å². The number of carboxylic acids is 1. The number of carbonyl (C=O) groups is 1. The Morgan fingerprint density at radius 2 is 2.04 bits per heavy atom. The van der Waals surface area contributed by atoms with Gasteiger partial charge in [0, 0.05) is 10.9 Å². The molecular formula is C18H15NO3S. The first-order valence-electron chi connectivity index (χ1n) is 7.10. The molecule has 23 heavy (non-hydrogen) atoms. The molecule has 3 rings (SSSR count). The number of benzene rings is 2. The number of aromatic nitrogens is 1. The summed E-state index contributed by atoms with van der Waals surface area (Å²) >= 11 is 1.60. The molecule has 0 radical (unpaired) electrons. The highest BCUT2D eigenvalue weighted by atomic mass is 32.1. The molecule has 4 nitrogen and oxygen atoms in total. The fraction of sp³-hybridized carbons (Fsp3) is 0.111. The van der Waals surface area contributed by atoms with E-state index < -0.39 is 5.97 Å². The Labute approximate surface area is 138 Å². The number of hydrogen-bond donors (Lipinski definition) is 1. The lowest BCUT2D eigenvalue weighted by Gasteiger charge is -2.10. The van der Waals surface area contributed by atoms with Crippen molar-refractivity contribution >= 4 is 17.3 Å². The van der Waals surface area contributed by atoms with Gasteiger partial charge in [-0.2, -0.15) is 0 Å². The number of hydrogen-bond acceptors (Lipinski definition) is 4. The van der Waals surface area contributed by atoms with Gasteiger partial charge in [0.2, 0.25) is 0 Å². The van der Waals surface area contributed by atoms with Crippen molar-refractivity contribution in [3.8, 4) is 17.0 Å². The Hall–Kier alpha value is -2.66. The lowest BCUT2D eigenvalue weighted by molar-refractivity contribution is 0.0696. The van der Waals surface area contributed by atoms with E-state index >= 15 is 0 Å². The fourth-order valence-electron chi connectivity index (χ4n) is 2.25. The van der Waals surface area contributed by atoms with Crippen molar-refractivity contribution in [1.29, 1.82) is 0 Å². The SMILES string of the molecule is Cc1nc(-c2ccccc2OCc2cccc(C(=O)O)c2)cs1. The van der Waals surface area contributed by atoms with Gasteiger partial charge in [0.25, 0.3) is 0 Å². The Morgan fingerprint density at radius 1 is 1.22 bits per heavy atom. The van der Waals surface area contributed by atoms with Crippen molar-refractivity contribution in [3.63, 3.8) is 0 Å². The monoisotopic (exact) mass is 325 g/mol. The van der Waals surface area contributed by atoms with Crippen LogP contribution in [0.4, 0.5) is 0 Å². The maximum Gasteiger partial charge on any atom is 0.335 e. The van der Waals surface area contributed by atoms with Crippen molar-refractivity contribution in [2.75, 3.05) is 0 Å². The summed E-state index contributed by atoms with van der Waals surface area (Å²) in [6.45, 7) is 2.27. The van der Waals surface area contributed by atoms with Gasteiger partial charge in [-0.15, -0.1) is 11.3 Å². The molecule has 0 atom stereocenters. The number of carboxylic acid groups (broad SMARTS) is 1. The summed E-state index contributed by atoms with van der Waals surface area (Å²) in [6, 6.07) is 14.5. The number of rotatable bonds is 5. The Bertz CT molecular complexity index is 842. The molecule has 0 aliphatic heterocycles. The molecule has 0 fully saturated rings. The molecule has 116 valence electrons. The minimum absolute atomic E-state index is 0.259. The first-order valence-corrected chi connectivity index (χ1v) is 7.98. The molecular weight excluding hydrogens is 310 g/mol. The molecule has 1 heterocycles. The second-order valence-corrected chi connectivity index (χ2v) is 6.10. The third-order valence-electron chi connectivity index (χ3n) is 3.35. The van der Waals surface area contributed by atoms with Crippen molar-refractivity contribution < 1.29 is 14.6 Å². The predicted molar refractivity (Wildman–Crippen MR) is 90.0 cm³/mol. The molecule has 0 saturated carbocycles. The van der Waals surface area contributed by atoms with Crippen LogP contribution in [0.25, 0.3) is 11.3 Å². The zero-order valence-electron chi connectivity index (χ0n) is 12.5. The number of aromatic carboxylic acids is 1. The zero-order chi connectivity index (χ0) is 16.2. The highest BCUT2D eigenvalue weighted by molar-refractivity contribution is 7.09. The highest BCUT2D eigenvalue weighted by Crippen LogP contribution is 2.31. The molecule has 0 unspecified atom stereocenters. The predicted octanol–water partition coefficient (Wildman–Crippen LogP) is 4.40. The van der Waals surface area contributed by atoms with Gasteiger partial charge in [0.15, 0.2) is 0 Å². The number of para-hydroxylation sites is 1. The van der Waals surface area contributed by atoms with Crippen molar-refractivity contribution in [2.24, 2.45) is 0 Å². The summed E-state index contributed by atoms with van der Waals surface area (Å²) in [6.07, 6.45) is 0. The summed E-state index contributed by atoms with van der Waals surface area (Å²) in [5.74, 6) is -0.205. The van der Waals surface area contributed by atoms with E-state index in [9.17, 15) is 4.79 Å². The zero-order valence-corrected chi connectivity index (χ0v) is 13.3. The third kappa shape index (κ3) is 3.57. The van der Waals surface area contributed by atoms with Crippen LogP contribution in [-0.2, 0) is 6.61 Å². The number of thiazole rings is 1. The van der Waals surface area contributed by atoms with E-state index in [0.717, 1.165) is 27.6 Å². The molecule has 1 aromatic heterocycles. The molecule has 3 aromatic rings. The van der Waals surface area contributed by atoms with Gasteiger partial charge < -0.3 is 9.84 Å². The lowest BCUT2D eigenvalue weighted by Crippen LogP contribution is -2.01. The first-order chi connectivity index (χ1) is 11.1. The highest BCUT2D eigenvalue weighted by Gasteiger charge is 2.09. The molecule has 0 saturated heterocycles. The summed E-state index contributed by atoms with van der Waals surface area (Å²) in [5, 5.41) is 12.0. The van der Waals surface area contributed by atoms with Gasteiger partial charge in [0.1, 0.15) is 12.4 Å². The van der Waals surface area contributed by atoms with Crippen LogP contribution >= 0.6 is 11.3 Å². The molecule has 0 aliphatic rings. The summed E-state index contributed by atoms with van der Waals surface area (Å²) in [7, 11) is 0. The van der Waals surface area contributed by atoms with Crippen LogP contribution in [0.5, 0.6) is 5.75 Å². The van der Waals surface area contributed by atoms with E-state index in [1.807, 2.05) is 42.6 Å². The summed E-state index contributed by atoms with van der Waals surface area (Å²) in [5.41, 5.74) is 2.90. The van der Waals surface area contributed by atoms with Crippen LogP contribution in [-0.4, -0.2) is 16.1 Å². The second kappa shape index (κ2) is 6.62. The third-order valence-corrected chi connectivity index (χ3v) is 4.12. The largest absolute Gasteiger partial charge is 0.488 e.